The number of carboxylic acid groups (broad SMARTS) is 1. The predicted octanol–water partition coefficient (Wildman–Crippen LogP) is 0.409. The Morgan fingerprint density at radius 1 is 1.29 bits per heavy atom. The Balaban J connectivity index is 3.83. The summed E-state index contributed by atoms with van der Waals surface area (Å²) in [6.45, 7) is 3.20. The molecular weight excluding hydrogens is 226 g/mol. The monoisotopic (exact) mass is 247 g/mol. The van der Waals surface area contributed by atoms with Crippen LogP contribution in [0.3, 0.4) is 0 Å². The second-order valence-corrected chi connectivity index (χ2v) is 3.60. The summed E-state index contributed by atoms with van der Waals surface area (Å²) in [6, 6.07) is -0.895. The number of hydrogen-bond donors (Lipinski definition) is 2. The van der Waals surface area contributed by atoms with Crippen LogP contribution in [0.5, 0.6) is 0 Å². The molecule has 0 radical (unpaired) electrons. The van der Waals surface area contributed by atoms with Gasteiger partial charge in [0, 0.05) is 33.2 Å². The van der Waals surface area contributed by atoms with Gasteiger partial charge in [-0.15, -0.1) is 0 Å². The highest BCUT2D eigenvalue weighted by Crippen LogP contribution is 1.95. The van der Waals surface area contributed by atoms with Gasteiger partial charge in [-0.3, -0.25) is 4.79 Å². The number of nitrogens with one attached hydrogen (secondary N) is 1. The van der Waals surface area contributed by atoms with Crippen LogP contribution >= 0.6 is 0 Å². The maximum atomic E-state index is 11.4. The summed E-state index contributed by atoms with van der Waals surface area (Å²) in [7, 11) is 1.49. The van der Waals surface area contributed by atoms with Gasteiger partial charge in [0.1, 0.15) is 6.04 Å². The van der Waals surface area contributed by atoms with Crippen molar-refractivity contribution < 1.29 is 24.2 Å². The van der Waals surface area contributed by atoms with Crippen molar-refractivity contribution in [1.29, 1.82) is 0 Å². The number of rotatable bonds is 10. The normalized spacial score (nSPS) is 12.1. The summed E-state index contributed by atoms with van der Waals surface area (Å²) < 4.78 is 9.92. The number of hydrogen-bond acceptors (Lipinski definition) is 4. The Labute approximate surface area is 101 Å². The van der Waals surface area contributed by atoms with Crippen LogP contribution in [-0.4, -0.2) is 50.0 Å². The highest BCUT2D eigenvalue weighted by Gasteiger charge is 2.19. The van der Waals surface area contributed by atoms with Crippen LogP contribution in [0.1, 0.15) is 26.2 Å². The van der Waals surface area contributed by atoms with Gasteiger partial charge in [0.2, 0.25) is 5.91 Å². The maximum Gasteiger partial charge on any atom is 0.326 e. The zero-order chi connectivity index (χ0) is 13.1. The zero-order valence-corrected chi connectivity index (χ0v) is 10.4. The predicted molar refractivity (Wildman–Crippen MR) is 61.8 cm³/mol. The molecule has 0 aliphatic carbocycles. The Kier molecular flexibility index (Phi) is 9.37. The first-order chi connectivity index (χ1) is 8.11. The van der Waals surface area contributed by atoms with Gasteiger partial charge >= 0.3 is 5.97 Å². The van der Waals surface area contributed by atoms with Crippen molar-refractivity contribution in [3.8, 4) is 0 Å². The van der Waals surface area contributed by atoms with Crippen LogP contribution in [0.2, 0.25) is 0 Å². The standard InChI is InChI=1S/C11H21NO5/c1-3-6-17-8-5-10(13)12-9(11(14)15)4-7-16-2/h9H,3-8H2,1-2H3,(H,12,13)(H,14,15). The van der Waals surface area contributed by atoms with E-state index >= 15 is 0 Å². The Morgan fingerprint density at radius 3 is 2.53 bits per heavy atom. The fourth-order valence-corrected chi connectivity index (χ4v) is 1.17. The van der Waals surface area contributed by atoms with Gasteiger partial charge in [-0.25, -0.2) is 4.79 Å². The largest absolute Gasteiger partial charge is 0.480 e. The van der Waals surface area contributed by atoms with Crippen molar-refractivity contribution in [2.24, 2.45) is 0 Å². The summed E-state index contributed by atoms with van der Waals surface area (Å²) in [6.07, 6.45) is 1.33. The third-order valence-electron chi connectivity index (χ3n) is 2.07. The number of carbonyl (C=O) groups is 2. The summed E-state index contributed by atoms with van der Waals surface area (Å²) in [5.41, 5.74) is 0. The molecule has 0 saturated carbocycles. The van der Waals surface area contributed by atoms with Gasteiger partial charge in [-0.1, -0.05) is 6.92 Å². The first-order valence-corrected chi connectivity index (χ1v) is 5.70. The molecule has 1 amide bonds. The van der Waals surface area contributed by atoms with E-state index in [1.54, 1.807) is 0 Å². The van der Waals surface area contributed by atoms with E-state index in [4.69, 9.17) is 14.6 Å². The Hall–Kier alpha value is -1.14. The highest BCUT2D eigenvalue weighted by atomic mass is 16.5. The minimum Gasteiger partial charge on any atom is -0.480 e. The van der Waals surface area contributed by atoms with E-state index in [1.807, 2.05) is 6.92 Å². The molecule has 0 aliphatic heterocycles. The minimum absolute atomic E-state index is 0.177. The molecule has 0 aromatic rings. The van der Waals surface area contributed by atoms with Gasteiger partial charge in [-0.2, -0.15) is 0 Å². The quantitative estimate of drug-likeness (QED) is 0.546. The molecule has 1 atom stereocenters. The summed E-state index contributed by atoms with van der Waals surface area (Å²) in [4.78, 5) is 22.2. The van der Waals surface area contributed by atoms with E-state index < -0.39 is 12.0 Å². The van der Waals surface area contributed by atoms with Crippen molar-refractivity contribution in [3.63, 3.8) is 0 Å². The van der Waals surface area contributed by atoms with Crippen molar-refractivity contribution in [2.45, 2.75) is 32.2 Å². The molecule has 0 rings (SSSR count). The average molecular weight is 247 g/mol. The molecule has 0 saturated heterocycles. The third-order valence-corrected chi connectivity index (χ3v) is 2.07. The van der Waals surface area contributed by atoms with Crippen LogP contribution in [-0.2, 0) is 19.1 Å². The maximum absolute atomic E-state index is 11.4. The number of aliphatic carboxylic acids is 1. The van der Waals surface area contributed by atoms with Gasteiger partial charge < -0.3 is 19.9 Å². The SMILES string of the molecule is CCCOCCC(=O)NC(CCOC)C(=O)O. The fraction of sp³-hybridized carbons (Fsp3) is 0.818. The van der Waals surface area contributed by atoms with E-state index in [2.05, 4.69) is 5.32 Å². The number of carboxylic acids is 1. The Morgan fingerprint density at radius 2 is 2.00 bits per heavy atom. The van der Waals surface area contributed by atoms with Crippen molar-refractivity contribution >= 4 is 11.9 Å². The van der Waals surface area contributed by atoms with Crippen LogP contribution in [0, 0.1) is 0 Å². The summed E-state index contributed by atoms with van der Waals surface area (Å²) in [5, 5.41) is 11.3. The zero-order valence-electron chi connectivity index (χ0n) is 10.4. The lowest BCUT2D eigenvalue weighted by Gasteiger charge is -2.13. The number of carbonyl (C=O) groups excluding carboxylic acids is 1. The molecule has 0 fully saturated rings. The molecule has 0 heterocycles. The fourth-order valence-electron chi connectivity index (χ4n) is 1.17. The average Bonchev–Trinajstić information content (AvgIpc) is 2.29. The van der Waals surface area contributed by atoms with Crippen molar-refractivity contribution in [1.82, 2.24) is 5.32 Å². The smallest absolute Gasteiger partial charge is 0.326 e. The molecule has 0 aromatic carbocycles. The molecule has 6 heteroatoms. The molecular formula is C11H21NO5. The minimum atomic E-state index is -1.05. The Bertz CT molecular complexity index is 232. The summed E-state index contributed by atoms with van der Waals surface area (Å²) >= 11 is 0. The van der Waals surface area contributed by atoms with Crippen molar-refractivity contribution in [3.05, 3.63) is 0 Å². The number of ether oxygens (including phenoxy) is 2. The first kappa shape index (κ1) is 15.9. The molecule has 2 N–H and O–H groups in total. The number of methoxy groups -OCH3 is 1. The lowest BCUT2D eigenvalue weighted by molar-refractivity contribution is -0.142. The van der Waals surface area contributed by atoms with Gasteiger partial charge in [0.15, 0.2) is 0 Å². The van der Waals surface area contributed by atoms with Gasteiger partial charge in [-0.05, 0) is 6.42 Å². The second kappa shape index (κ2) is 10.0. The van der Waals surface area contributed by atoms with Crippen LogP contribution < -0.4 is 5.32 Å². The highest BCUT2D eigenvalue weighted by molar-refractivity contribution is 5.83. The number of amides is 1. The molecule has 17 heavy (non-hydrogen) atoms. The van der Waals surface area contributed by atoms with Crippen molar-refractivity contribution in [2.75, 3.05) is 26.9 Å². The molecule has 0 aliphatic rings. The molecule has 1 unspecified atom stereocenters. The van der Waals surface area contributed by atoms with Gasteiger partial charge in [0.25, 0.3) is 0 Å². The van der Waals surface area contributed by atoms with E-state index in [0.717, 1.165) is 6.42 Å². The topological polar surface area (TPSA) is 84.9 Å². The van der Waals surface area contributed by atoms with E-state index in [1.165, 1.54) is 7.11 Å². The molecule has 0 spiro atoms. The third kappa shape index (κ3) is 8.65. The van der Waals surface area contributed by atoms with E-state index in [0.29, 0.717) is 19.8 Å². The molecule has 0 bridgehead atoms. The van der Waals surface area contributed by atoms with Crippen LogP contribution in [0.4, 0.5) is 0 Å². The second-order valence-electron chi connectivity index (χ2n) is 3.60. The lowest BCUT2D eigenvalue weighted by Crippen LogP contribution is -2.41. The molecule has 0 aromatic heterocycles. The van der Waals surface area contributed by atoms with Gasteiger partial charge in [0.05, 0.1) is 6.61 Å². The van der Waals surface area contributed by atoms with Crippen LogP contribution in [0.25, 0.3) is 0 Å². The molecule has 6 nitrogen and oxygen atoms in total. The van der Waals surface area contributed by atoms with Crippen LogP contribution in [0.15, 0.2) is 0 Å². The summed E-state index contributed by atoms with van der Waals surface area (Å²) in [5.74, 6) is -1.37. The van der Waals surface area contributed by atoms with E-state index in [-0.39, 0.29) is 18.7 Å². The molecule has 100 valence electrons. The lowest BCUT2D eigenvalue weighted by atomic mass is 10.2. The van der Waals surface area contributed by atoms with E-state index in [9.17, 15) is 9.59 Å². The first-order valence-electron chi connectivity index (χ1n) is 5.70.